The van der Waals surface area contributed by atoms with Gasteiger partial charge >= 0.3 is 0 Å². The topological polar surface area (TPSA) is 58.9 Å². The van der Waals surface area contributed by atoms with Crippen molar-refractivity contribution in [3.8, 4) is 0 Å². The number of hydrogen-bond acceptors (Lipinski definition) is 2. The Hall–Kier alpha value is -1.61. The molecule has 1 unspecified atom stereocenters. The molecule has 0 aliphatic heterocycles. The average Bonchev–Trinajstić information content (AvgIpc) is 2.64. The van der Waals surface area contributed by atoms with Crippen LogP contribution in [0.1, 0.15) is 29.4 Å². The number of Topliss-reactive ketones (excluding diaryl/α,β-unsaturated/α-hetero) is 1. The molecule has 3 N–H and O–H groups in total. The highest BCUT2D eigenvalue weighted by Crippen LogP contribution is 2.24. The summed E-state index contributed by atoms with van der Waals surface area (Å²) >= 11 is 0. The van der Waals surface area contributed by atoms with Gasteiger partial charge in [-0.25, -0.2) is 0 Å². The maximum atomic E-state index is 12.2. The zero-order valence-electron chi connectivity index (χ0n) is 10.3. The van der Waals surface area contributed by atoms with Gasteiger partial charge in [-0.05, 0) is 25.5 Å². The molecule has 1 aromatic heterocycles. The molecule has 1 atom stereocenters. The minimum absolute atomic E-state index is 0.179. The molecular weight excluding hydrogens is 212 g/mol. The first-order valence-corrected chi connectivity index (χ1v) is 5.94. The number of fused-ring (bicyclic) bond motifs is 1. The zero-order valence-corrected chi connectivity index (χ0v) is 10.3. The first-order chi connectivity index (χ1) is 8.13. The molecule has 0 amide bonds. The van der Waals surface area contributed by atoms with E-state index in [1.165, 1.54) is 0 Å². The third kappa shape index (κ3) is 2.24. The third-order valence-corrected chi connectivity index (χ3v) is 3.11. The molecule has 0 fully saturated rings. The van der Waals surface area contributed by atoms with Gasteiger partial charge in [-0.15, -0.1) is 0 Å². The lowest BCUT2D eigenvalue weighted by molar-refractivity contribution is 0.0967. The second kappa shape index (κ2) is 4.72. The molecule has 17 heavy (non-hydrogen) atoms. The van der Waals surface area contributed by atoms with Crippen molar-refractivity contribution in [2.24, 2.45) is 11.7 Å². The van der Waals surface area contributed by atoms with Gasteiger partial charge in [0.1, 0.15) is 0 Å². The van der Waals surface area contributed by atoms with Crippen LogP contribution >= 0.6 is 0 Å². The lowest BCUT2D eigenvalue weighted by atomic mass is 9.98. The summed E-state index contributed by atoms with van der Waals surface area (Å²) in [6, 6.07) is 7.90. The summed E-state index contributed by atoms with van der Waals surface area (Å²) in [5, 5.41) is 1.01. The molecule has 2 rings (SSSR count). The Morgan fingerprint density at radius 3 is 2.82 bits per heavy atom. The van der Waals surface area contributed by atoms with Crippen LogP contribution in [0.15, 0.2) is 24.3 Å². The van der Waals surface area contributed by atoms with Gasteiger partial charge in [-0.1, -0.05) is 25.1 Å². The third-order valence-electron chi connectivity index (χ3n) is 3.11. The number of benzene rings is 1. The molecule has 3 nitrogen and oxygen atoms in total. The van der Waals surface area contributed by atoms with Crippen LogP contribution in [0, 0.1) is 12.8 Å². The van der Waals surface area contributed by atoms with E-state index in [9.17, 15) is 4.79 Å². The Morgan fingerprint density at radius 2 is 2.12 bits per heavy atom. The van der Waals surface area contributed by atoms with E-state index < -0.39 is 0 Å². The summed E-state index contributed by atoms with van der Waals surface area (Å²) in [5.74, 6) is 0.411. The van der Waals surface area contributed by atoms with Crippen molar-refractivity contribution < 1.29 is 4.79 Å². The summed E-state index contributed by atoms with van der Waals surface area (Å²) in [5.41, 5.74) is 8.35. The summed E-state index contributed by atoms with van der Waals surface area (Å²) in [4.78, 5) is 15.5. The zero-order chi connectivity index (χ0) is 12.4. The summed E-state index contributed by atoms with van der Waals surface area (Å²) in [7, 11) is 0. The molecular formula is C14H18N2O. The smallest absolute Gasteiger partial charge is 0.165 e. The molecule has 0 aliphatic carbocycles. The Morgan fingerprint density at radius 1 is 1.41 bits per heavy atom. The normalized spacial score (nSPS) is 12.9. The van der Waals surface area contributed by atoms with Crippen LogP contribution in [0.5, 0.6) is 0 Å². The van der Waals surface area contributed by atoms with Crippen LogP contribution in [-0.4, -0.2) is 17.3 Å². The average molecular weight is 230 g/mol. The number of rotatable bonds is 4. The van der Waals surface area contributed by atoms with Crippen LogP contribution in [-0.2, 0) is 0 Å². The minimum atomic E-state index is 0.179. The van der Waals surface area contributed by atoms with Crippen molar-refractivity contribution >= 4 is 16.7 Å². The second-order valence-electron chi connectivity index (χ2n) is 4.64. The van der Waals surface area contributed by atoms with E-state index in [4.69, 9.17) is 5.73 Å². The Balaban J connectivity index is 2.41. The molecule has 0 radical (unpaired) electrons. The number of nitrogens with two attached hydrogens (primary N) is 1. The fourth-order valence-corrected chi connectivity index (χ4v) is 2.14. The summed E-state index contributed by atoms with van der Waals surface area (Å²) in [6.45, 7) is 4.50. The number of carbonyl (C=O) groups excluding carboxylic acids is 1. The van der Waals surface area contributed by atoms with Crippen LogP contribution < -0.4 is 5.73 Å². The van der Waals surface area contributed by atoms with Crippen LogP contribution in [0.25, 0.3) is 10.9 Å². The Kier molecular flexibility index (Phi) is 3.29. The molecule has 2 aromatic rings. The quantitative estimate of drug-likeness (QED) is 0.793. The van der Waals surface area contributed by atoms with E-state index in [0.29, 0.717) is 13.0 Å². The molecule has 0 spiro atoms. The maximum Gasteiger partial charge on any atom is 0.165 e. The molecule has 0 saturated heterocycles. The van der Waals surface area contributed by atoms with Crippen molar-refractivity contribution in [3.63, 3.8) is 0 Å². The SMILES string of the molecule is Cc1[nH]c2ccccc2c1C(=O)CC(C)CN. The van der Waals surface area contributed by atoms with E-state index >= 15 is 0 Å². The van der Waals surface area contributed by atoms with E-state index in [2.05, 4.69) is 4.98 Å². The molecule has 3 heteroatoms. The number of H-pyrrole nitrogens is 1. The van der Waals surface area contributed by atoms with Gasteiger partial charge in [-0.2, -0.15) is 0 Å². The molecule has 1 heterocycles. The maximum absolute atomic E-state index is 12.2. The van der Waals surface area contributed by atoms with Gasteiger partial charge in [0.2, 0.25) is 0 Å². The molecule has 0 saturated carbocycles. The highest BCUT2D eigenvalue weighted by molar-refractivity contribution is 6.09. The van der Waals surface area contributed by atoms with Crippen LogP contribution in [0.3, 0.4) is 0 Å². The largest absolute Gasteiger partial charge is 0.358 e. The van der Waals surface area contributed by atoms with Gasteiger partial charge in [-0.3, -0.25) is 4.79 Å². The lowest BCUT2D eigenvalue weighted by Gasteiger charge is -2.07. The molecule has 0 aliphatic rings. The standard InChI is InChI=1S/C14H18N2O/c1-9(8-15)7-13(17)14-10(2)16-12-6-4-3-5-11(12)14/h3-6,9,16H,7-8,15H2,1-2H3. The minimum Gasteiger partial charge on any atom is -0.358 e. The van der Waals surface area contributed by atoms with E-state index in [-0.39, 0.29) is 11.7 Å². The fraction of sp³-hybridized carbons (Fsp3) is 0.357. The van der Waals surface area contributed by atoms with E-state index in [0.717, 1.165) is 22.2 Å². The highest BCUT2D eigenvalue weighted by atomic mass is 16.1. The monoisotopic (exact) mass is 230 g/mol. The second-order valence-corrected chi connectivity index (χ2v) is 4.64. The van der Waals surface area contributed by atoms with Gasteiger partial charge in [0.05, 0.1) is 0 Å². The highest BCUT2D eigenvalue weighted by Gasteiger charge is 2.17. The first kappa shape index (κ1) is 11.9. The predicted molar refractivity (Wildman–Crippen MR) is 70.2 cm³/mol. The fourth-order valence-electron chi connectivity index (χ4n) is 2.14. The van der Waals surface area contributed by atoms with Gasteiger partial charge in [0.25, 0.3) is 0 Å². The van der Waals surface area contributed by atoms with Crippen molar-refractivity contribution in [1.82, 2.24) is 4.98 Å². The Bertz CT molecular complexity index is 542. The van der Waals surface area contributed by atoms with Crippen molar-refractivity contribution in [2.45, 2.75) is 20.3 Å². The van der Waals surface area contributed by atoms with Gasteiger partial charge in [0.15, 0.2) is 5.78 Å². The molecule has 90 valence electrons. The number of aromatic amines is 1. The number of ketones is 1. The number of hydrogen-bond donors (Lipinski definition) is 2. The van der Waals surface area contributed by atoms with E-state index in [1.54, 1.807) is 0 Å². The van der Waals surface area contributed by atoms with Crippen LogP contribution in [0.4, 0.5) is 0 Å². The molecule has 0 bridgehead atoms. The Labute approximate surface area is 101 Å². The van der Waals surface area contributed by atoms with Gasteiger partial charge < -0.3 is 10.7 Å². The van der Waals surface area contributed by atoms with Crippen molar-refractivity contribution in [2.75, 3.05) is 6.54 Å². The number of nitrogens with one attached hydrogen (secondary N) is 1. The van der Waals surface area contributed by atoms with Crippen molar-refractivity contribution in [3.05, 3.63) is 35.5 Å². The number of carbonyl (C=O) groups is 1. The summed E-state index contributed by atoms with van der Waals surface area (Å²) < 4.78 is 0. The van der Waals surface area contributed by atoms with Gasteiger partial charge in [0, 0.05) is 28.6 Å². The van der Waals surface area contributed by atoms with Crippen LogP contribution in [0.2, 0.25) is 0 Å². The number of aromatic nitrogens is 1. The molecule has 1 aromatic carbocycles. The number of aryl methyl sites for hydroxylation is 1. The first-order valence-electron chi connectivity index (χ1n) is 5.94. The predicted octanol–water partition coefficient (Wildman–Crippen LogP) is 2.64. The van der Waals surface area contributed by atoms with Crippen molar-refractivity contribution in [1.29, 1.82) is 0 Å². The van der Waals surface area contributed by atoms with E-state index in [1.807, 2.05) is 38.1 Å². The summed E-state index contributed by atoms with van der Waals surface area (Å²) in [6.07, 6.45) is 0.513. The lowest BCUT2D eigenvalue weighted by Crippen LogP contribution is -2.15. The number of para-hydroxylation sites is 1.